The molecule has 0 nitrogen and oxygen atoms in total. The van der Waals surface area contributed by atoms with Gasteiger partial charge in [-0.05, 0) is 42.0 Å². The molecule has 31 heavy (non-hydrogen) atoms. The van der Waals surface area contributed by atoms with Gasteiger partial charge in [-0.2, -0.15) is 39.5 Å². The Labute approximate surface area is 172 Å². The maximum Gasteiger partial charge on any atom is 0.417 e. The van der Waals surface area contributed by atoms with Gasteiger partial charge in [-0.3, -0.25) is 0 Å². The quantitative estimate of drug-likeness (QED) is 0.305. The van der Waals surface area contributed by atoms with Crippen molar-refractivity contribution in [1.82, 2.24) is 0 Å². The van der Waals surface area contributed by atoms with Crippen molar-refractivity contribution >= 4 is 23.8 Å². The van der Waals surface area contributed by atoms with Crippen LogP contribution < -0.4 is 15.9 Å². The molecule has 0 spiro atoms. The highest BCUT2D eigenvalue weighted by Gasteiger charge is 2.42. The predicted molar refractivity (Wildman–Crippen MR) is 100 cm³/mol. The van der Waals surface area contributed by atoms with Crippen molar-refractivity contribution in [3.63, 3.8) is 0 Å². The highest BCUT2D eigenvalue weighted by Crippen LogP contribution is 2.45. The van der Waals surface area contributed by atoms with Crippen LogP contribution in [0.15, 0.2) is 72.8 Å². The van der Waals surface area contributed by atoms with Gasteiger partial charge in [0.25, 0.3) is 0 Å². The van der Waals surface area contributed by atoms with Crippen molar-refractivity contribution in [2.24, 2.45) is 0 Å². The highest BCUT2D eigenvalue weighted by atomic mass is 31.1. The molecule has 0 fully saturated rings. The Morgan fingerprint density at radius 2 is 0.613 bits per heavy atom. The number of benzene rings is 3. The molecule has 0 saturated heterocycles. The Balaban J connectivity index is 2.44. The van der Waals surface area contributed by atoms with E-state index in [0.717, 1.165) is 54.6 Å². The summed E-state index contributed by atoms with van der Waals surface area (Å²) < 4.78 is 123. The summed E-state index contributed by atoms with van der Waals surface area (Å²) in [6, 6.07) is 11.3. The minimum atomic E-state index is -4.97. The van der Waals surface area contributed by atoms with E-state index in [1.54, 1.807) is 0 Å². The molecule has 0 radical (unpaired) electrons. The first-order valence-electron chi connectivity index (χ1n) is 8.60. The van der Waals surface area contributed by atoms with E-state index < -0.39 is 59.1 Å². The Kier molecular flexibility index (Phi) is 6.11. The van der Waals surface area contributed by atoms with Gasteiger partial charge in [0, 0.05) is 0 Å². The van der Waals surface area contributed by atoms with Crippen LogP contribution in [0, 0.1) is 0 Å². The maximum atomic E-state index is 13.7. The molecule has 0 amide bonds. The van der Waals surface area contributed by atoms with Crippen molar-refractivity contribution in [2.75, 3.05) is 0 Å². The van der Waals surface area contributed by atoms with Crippen LogP contribution in [0.4, 0.5) is 39.5 Å². The smallest absolute Gasteiger partial charge is 0.166 e. The summed E-state index contributed by atoms with van der Waals surface area (Å²) in [4.78, 5) is 0. The van der Waals surface area contributed by atoms with E-state index in [9.17, 15) is 39.5 Å². The summed E-state index contributed by atoms with van der Waals surface area (Å²) in [6.07, 6.45) is -14.9. The lowest BCUT2D eigenvalue weighted by molar-refractivity contribution is -0.137. The lowest BCUT2D eigenvalue weighted by atomic mass is 10.2. The monoisotopic (exact) mass is 466 g/mol. The number of hydrogen-bond acceptors (Lipinski definition) is 0. The zero-order valence-electron chi connectivity index (χ0n) is 15.3. The third kappa shape index (κ3) is 4.87. The van der Waals surface area contributed by atoms with E-state index in [4.69, 9.17) is 0 Å². The van der Waals surface area contributed by atoms with Crippen LogP contribution in [0.25, 0.3) is 0 Å². The van der Waals surface area contributed by atoms with E-state index in [1.807, 2.05) is 0 Å². The van der Waals surface area contributed by atoms with Gasteiger partial charge in [-0.15, -0.1) is 0 Å². The van der Waals surface area contributed by atoms with Gasteiger partial charge in [0.2, 0.25) is 0 Å². The van der Waals surface area contributed by atoms with Gasteiger partial charge in [0.05, 0.1) is 16.7 Å². The molecule has 10 heteroatoms. The van der Waals surface area contributed by atoms with Crippen molar-refractivity contribution in [1.29, 1.82) is 0 Å². The molecular weight excluding hydrogens is 454 g/mol. The normalized spacial score (nSPS) is 13.0. The molecule has 0 saturated carbocycles. The van der Waals surface area contributed by atoms with Gasteiger partial charge >= 0.3 is 18.5 Å². The molecule has 3 aromatic rings. The number of rotatable bonds is 3. The summed E-state index contributed by atoms with van der Waals surface area (Å²) in [5.41, 5.74) is -3.85. The largest absolute Gasteiger partial charge is 0.417 e. The first kappa shape index (κ1) is 23.1. The zero-order chi connectivity index (χ0) is 23.0. The molecule has 0 aliphatic heterocycles. The molecule has 164 valence electrons. The number of hydrogen-bond donors (Lipinski definition) is 0. The summed E-state index contributed by atoms with van der Waals surface area (Å²) >= 11 is 0. The molecule has 3 aromatic carbocycles. The molecule has 0 bridgehead atoms. The second kappa shape index (κ2) is 8.19. The van der Waals surface area contributed by atoms with E-state index >= 15 is 0 Å². The Morgan fingerprint density at radius 1 is 0.387 bits per heavy atom. The Bertz CT molecular complexity index is 928. The third-order valence-electron chi connectivity index (χ3n) is 4.35. The van der Waals surface area contributed by atoms with Gasteiger partial charge in [-0.1, -0.05) is 54.6 Å². The van der Waals surface area contributed by atoms with Crippen molar-refractivity contribution in [3.05, 3.63) is 89.5 Å². The fourth-order valence-corrected chi connectivity index (χ4v) is 5.92. The van der Waals surface area contributed by atoms with Crippen LogP contribution in [0.1, 0.15) is 16.7 Å². The average molecular weight is 466 g/mol. The van der Waals surface area contributed by atoms with Crippen LogP contribution >= 0.6 is 7.92 Å². The van der Waals surface area contributed by atoms with Crippen LogP contribution in [0.2, 0.25) is 0 Å². The molecular formula is C21H12F9P. The first-order chi connectivity index (χ1) is 14.3. The molecule has 0 aliphatic carbocycles. The lowest BCUT2D eigenvalue weighted by Crippen LogP contribution is -2.33. The standard InChI is InChI=1S/C21H12F9P/c22-19(23,24)13-7-1-4-10-16(13)31(17-11-5-2-8-14(17)20(25,26)27)18-12-6-3-9-15(18)21(28,29)30/h1-12H. The SMILES string of the molecule is FC(F)(F)c1ccccc1P(c1ccccc1C(F)(F)F)c1ccccc1C(F)(F)F. The zero-order valence-corrected chi connectivity index (χ0v) is 16.2. The molecule has 3 rings (SSSR count). The second-order valence-electron chi connectivity index (χ2n) is 6.38. The number of alkyl halides is 9. The fraction of sp³-hybridized carbons (Fsp3) is 0.143. The van der Waals surface area contributed by atoms with E-state index in [2.05, 4.69) is 0 Å². The van der Waals surface area contributed by atoms with Crippen LogP contribution in [-0.2, 0) is 18.5 Å². The first-order valence-corrected chi connectivity index (χ1v) is 9.95. The molecule has 0 N–H and O–H groups in total. The average Bonchev–Trinajstić information content (AvgIpc) is 2.67. The molecule has 0 heterocycles. The lowest BCUT2D eigenvalue weighted by Gasteiger charge is -2.27. The summed E-state index contributed by atoms with van der Waals surface area (Å²) in [7, 11) is -2.86. The van der Waals surface area contributed by atoms with Crippen LogP contribution in [0.3, 0.4) is 0 Å². The van der Waals surface area contributed by atoms with Gasteiger partial charge < -0.3 is 0 Å². The third-order valence-corrected chi connectivity index (χ3v) is 6.97. The molecule has 0 aliphatic rings. The van der Waals surface area contributed by atoms with E-state index in [1.165, 1.54) is 0 Å². The van der Waals surface area contributed by atoms with Gasteiger partial charge in [-0.25, -0.2) is 0 Å². The minimum Gasteiger partial charge on any atom is -0.166 e. The fourth-order valence-electron chi connectivity index (χ4n) is 3.11. The molecule has 0 atom stereocenters. The Hall–Kier alpha value is -2.54. The van der Waals surface area contributed by atoms with Crippen LogP contribution in [0.5, 0.6) is 0 Å². The van der Waals surface area contributed by atoms with Crippen molar-refractivity contribution < 1.29 is 39.5 Å². The second-order valence-corrected chi connectivity index (χ2v) is 8.50. The van der Waals surface area contributed by atoms with Crippen LogP contribution in [-0.4, -0.2) is 0 Å². The summed E-state index contributed by atoms with van der Waals surface area (Å²) in [5, 5.41) is -1.92. The van der Waals surface area contributed by atoms with Gasteiger partial charge in [0.1, 0.15) is 0 Å². The van der Waals surface area contributed by atoms with Crippen molar-refractivity contribution in [3.8, 4) is 0 Å². The summed E-state index contributed by atoms with van der Waals surface area (Å²) in [6.45, 7) is 0. The highest BCUT2D eigenvalue weighted by molar-refractivity contribution is 7.80. The molecule has 0 unspecified atom stereocenters. The van der Waals surface area contributed by atoms with E-state index in [0.29, 0.717) is 18.2 Å². The topological polar surface area (TPSA) is 0 Å². The maximum absolute atomic E-state index is 13.7. The Morgan fingerprint density at radius 3 is 0.839 bits per heavy atom. The minimum absolute atomic E-state index is 0.640. The molecule has 0 aromatic heterocycles. The number of halogens is 9. The van der Waals surface area contributed by atoms with Gasteiger partial charge in [0.15, 0.2) is 0 Å². The van der Waals surface area contributed by atoms with Crippen molar-refractivity contribution in [2.45, 2.75) is 18.5 Å². The summed E-state index contributed by atoms with van der Waals surface area (Å²) in [5.74, 6) is 0. The van der Waals surface area contributed by atoms with E-state index in [-0.39, 0.29) is 0 Å². The predicted octanol–water partition coefficient (Wildman–Crippen LogP) is 6.50.